The molecule has 1 fully saturated rings. The van der Waals surface area contributed by atoms with E-state index >= 15 is 0 Å². The van der Waals surface area contributed by atoms with Gasteiger partial charge < -0.3 is 24.2 Å². The number of carbonyl (C=O) groups excluding carboxylic acids is 1. The number of halogens is 2. The number of aliphatic hydroxyl groups is 1. The quantitative estimate of drug-likeness (QED) is 0.250. The van der Waals surface area contributed by atoms with Gasteiger partial charge in [-0.15, -0.1) is 0 Å². The van der Waals surface area contributed by atoms with Crippen molar-refractivity contribution in [3.8, 4) is 11.9 Å². The summed E-state index contributed by atoms with van der Waals surface area (Å²) in [6.45, 7) is 25.4. The molecule has 2 aromatic rings. The molecule has 1 N–H and O–H groups in total. The molecule has 3 heterocycles. The third-order valence-electron chi connectivity index (χ3n) is 7.29. The Morgan fingerprint density at radius 1 is 1.13 bits per heavy atom. The van der Waals surface area contributed by atoms with Crippen LogP contribution in [0.4, 0.5) is 9.18 Å². The number of likely N-dealkylation sites (tertiary alicyclic amines) is 1. The Labute approximate surface area is 282 Å². The van der Waals surface area contributed by atoms with Crippen LogP contribution in [0.1, 0.15) is 108 Å². The standard InChI is InChI=1S/C18H24ClFN4O3.C12H25NO2.2C2H6/c1-5-9(2)27-17-13-10(3)21-18(22-15(13)14(20)16(19)23-17)26-8-11-12(25)6-7-24(11)4;1-7-10(2)8-9-13(6)11(14)15-12(3,4)5;2*1-2/h9,11-12,25H,5-8H2,1-4H3;10H,7-9H2,1-6H3;2*1-2H3. The maximum atomic E-state index is 14.6. The minimum atomic E-state index is -0.739. The molecule has 3 rings (SSSR count). The average Bonchev–Trinajstić information content (AvgIpc) is 3.34. The molecular formula is C34H61ClFN5O5. The van der Waals surface area contributed by atoms with Gasteiger partial charge in [-0.2, -0.15) is 15.0 Å². The molecule has 46 heavy (non-hydrogen) atoms. The number of pyridine rings is 1. The fourth-order valence-corrected chi connectivity index (χ4v) is 4.28. The highest BCUT2D eigenvalue weighted by molar-refractivity contribution is 6.30. The zero-order valence-electron chi connectivity index (χ0n) is 30.8. The molecule has 0 aliphatic carbocycles. The Kier molecular flexibility index (Phi) is 20.2. The van der Waals surface area contributed by atoms with E-state index in [-0.39, 0.29) is 47.4 Å². The van der Waals surface area contributed by atoms with Gasteiger partial charge in [0.2, 0.25) is 5.88 Å². The van der Waals surface area contributed by atoms with Gasteiger partial charge in [0.15, 0.2) is 11.0 Å². The lowest BCUT2D eigenvalue weighted by Crippen LogP contribution is -2.37. The summed E-state index contributed by atoms with van der Waals surface area (Å²) in [5.41, 5.74) is 0.0923. The predicted octanol–water partition coefficient (Wildman–Crippen LogP) is 8.09. The molecule has 0 bridgehead atoms. The highest BCUT2D eigenvalue weighted by Crippen LogP contribution is 2.33. The number of aromatic nitrogens is 3. The van der Waals surface area contributed by atoms with E-state index in [2.05, 4.69) is 28.8 Å². The van der Waals surface area contributed by atoms with E-state index in [0.29, 0.717) is 23.4 Å². The number of ether oxygens (including phenoxy) is 3. The van der Waals surface area contributed by atoms with Crippen LogP contribution in [0, 0.1) is 18.7 Å². The first kappa shape index (κ1) is 43.5. The summed E-state index contributed by atoms with van der Waals surface area (Å²) in [5, 5.41) is 10.1. The van der Waals surface area contributed by atoms with Gasteiger partial charge in [0.1, 0.15) is 17.7 Å². The zero-order valence-corrected chi connectivity index (χ0v) is 31.6. The summed E-state index contributed by atoms with van der Waals surface area (Å²) in [7, 11) is 3.71. The van der Waals surface area contributed by atoms with Crippen molar-refractivity contribution in [2.24, 2.45) is 5.92 Å². The summed E-state index contributed by atoms with van der Waals surface area (Å²) in [6.07, 6.45) is 2.82. The molecule has 4 unspecified atom stereocenters. The van der Waals surface area contributed by atoms with E-state index in [1.165, 1.54) is 0 Å². The second kappa shape index (κ2) is 21.4. The number of aliphatic hydroxyl groups excluding tert-OH is 1. The predicted molar refractivity (Wildman–Crippen MR) is 186 cm³/mol. The van der Waals surface area contributed by atoms with Crippen molar-refractivity contribution >= 4 is 28.6 Å². The van der Waals surface area contributed by atoms with Crippen LogP contribution in [0.25, 0.3) is 10.9 Å². The smallest absolute Gasteiger partial charge is 0.410 e. The number of aryl methyl sites for hydroxylation is 1. The van der Waals surface area contributed by atoms with Crippen LogP contribution in [0.15, 0.2) is 0 Å². The van der Waals surface area contributed by atoms with E-state index in [1.807, 2.05) is 74.3 Å². The maximum absolute atomic E-state index is 14.6. The number of hydrogen-bond acceptors (Lipinski definition) is 9. The molecule has 1 saturated heterocycles. The Morgan fingerprint density at radius 3 is 2.24 bits per heavy atom. The third kappa shape index (κ3) is 14.1. The van der Waals surface area contributed by atoms with Crippen molar-refractivity contribution in [2.75, 3.05) is 33.8 Å². The van der Waals surface area contributed by atoms with E-state index < -0.39 is 17.5 Å². The lowest BCUT2D eigenvalue weighted by Gasteiger charge is -2.25. The molecule has 0 saturated carbocycles. The van der Waals surface area contributed by atoms with Gasteiger partial charge in [0.05, 0.1) is 29.3 Å². The van der Waals surface area contributed by atoms with Gasteiger partial charge >= 0.3 is 12.1 Å². The van der Waals surface area contributed by atoms with Gasteiger partial charge in [-0.05, 0) is 66.8 Å². The summed E-state index contributed by atoms with van der Waals surface area (Å²) in [6, 6.07) is -0.122. The number of amides is 1. The van der Waals surface area contributed by atoms with Gasteiger partial charge in [0.25, 0.3) is 0 Å². The van der Waals surface area contributed by atoms with Crippen LogP contribution < -0.4 is 9.47 Å². The summed E-state index contributed by atoms with van der Waals surface area (Å²) < 4.78 is 31.3. The van der Waals surface area contributed by atoms with Gasteiger partial charge in [-0.3, -0.25) is 4.90 Å². The van der Waals surface area contributed by atoms with E-state index in [4.69, 9.17) is 25.8 Å². The van der Waals surface area contributed by atoms with Gasteiger partial charge in [-0.25, -0.2) is 9.18 Å². The maximum Gasteiger partial charge on any atom is 0.410 e. The van der Waals surface area contributed by atoms with Crippen LogP contribution >= 0.6 is 11.6 Å². The molecule has 12 heteroatoms. The number of fused-ring (bicyclic) bond motifs is 1. The van der Waals surface area contributed by atoms with Crippen LogP contribution in [0.3, 0.4) is 0 Å². The minimum Gasteiger partial charge on any atom is -0.474 e. The molecular weight excluding hydrogens is 613 g/mol. The van der Waals surface area contributed by atoms with Crippen molar-refractivity contribution in [1.29, 1.82) is 0 Å². The zero-order chi connectivity index (χ0) is 35.8. The Balaban J connectivity index is 0.000000911. The first-order valence-corrected chi connectivity index (χ1v) is 17.1. The van der Waals surface area contributed by atoms with Crippen LogP contribution in [-0.2, 0) is 4.74 Å². The monoisotopic (exact) mass is 673 g/mol. The molecule has 0 radical (unpaired) electrons. The van der Waals surface area contributed by atoms with Gasteiger partial charge in [0, 0.05) is 20.1 Å². The summed E-state index contributed by atoms with van der Waals surface area (Å²) >= 11 is 5.94. The number of hydrogen-bond donors (Lipinski definition) is 1. The fraction of sp³-hybridized carbons (Fsp3) is 0.765. The van der Waals surface area contributed by atoms with Crippen LogP contribution in [0.5, 0.6) is 11.9 Å². The number of carbonyl (C=O) groups is 1. The Morgan fingerprint density at radius 2 is 1.74 bits per heavy atom. The number of rotatable bonds is 10. The molecule has 2 aromatic heterocycles. The van der Waals surface area contributed by atoms with Crippen LogP contribution in [-0.4, -0.2) is 93.6 Å². The molecule has 1 aliphatic heterocycles. The number of likely N-dealkylation sites (N-methyl/N-ethyl adjacent to an activating group) is 1. The molecule has 10 nitrogen and oxygen atoms in total. The molecule has 1 aliphatic rings. The van der Waals surface area contributed by atoms with Gasteiger partial charge in [-0.1, -0.05) is 66.5 Å². The van der Waals surface area contributed by atoms with E-state index in [1.54, 1.807) is 18.9 Å². The molecule has 4 atom stereocenters. The summed E-state index contributed by atoms with van der Waals surface area (Å²) in [5.74, 6) is 0.132. The molecule has 0 aromatic carbocycles. The van der Waals surface area contributed by atoms with E-state index in [0.717, 1.165) is 32.4 Å². The SMILES string of the molecule is CC.CC.CCC(C)CCN(C)C(=O)OC(C)(C)C.CCC(C)Oc1nc(Cl)c(F)c2nc(OCC3C(O)CCN3C)nc(C)c12. The largest absolute Gasteiger partial charge is 0.474 e. The van der Waals surface area contributed by atoms with E-state index in [9.17, 15) is 14.3 Å². The van der Waals surface area contributed by atoms with Crippen molar-refractivity contribution in [3.05, 3.63) is 16.7 Å². The van der Waals surface area contributed by atoms with Crippen molar-refractivity contribution in [1.82, 2.24) is 24.8 Å². The van der Waals surface area contributed by atoms with Crippen molar-refractivity contribution in [3.63, 3.8) is 0 Å². The first-order chi connectivity index (χ1) is 21.6. The van der Waals surface area contributed by atoms with Crippen LogP contribution in [0.2, 0.25) is 5.15 Å². The third-order valence-corrected chi connectivity index (χ3v) is 7.54. The second-order valence-corrected chi connectivity index (χ2v) is 12.5. The van der Waals surface area contributed by atoms with Crippen molar-refractivity contribution in [2.45, 2.75) is 133 Å². The minimum absolute atomic E-state index is 0.0103. The fourth-order valence-electron chi connectivity index (χ4n) is 4.11. The normalized spacial score (nSPS) is 17.3. The topological polar surface area (TPSA) is 110 Å². The average molecular weight is 674 g/mol. The Bertz CT molecular complexity index is 1170. The molecule has 1 amide bonds. The highest BCUT2D eigenvalue weighted by Gasteiger charge is 2.31. The first-order valence-electron chi connectivity index (χ1n) is 16.7. The van der Waals surface area contributed by atoms with Crippen molar-refractivity contribution < 1.29 is 28.5 Å². The lowest BCUT2D eigenvalue weighted by molar-refractivity contribution is 0.0291. The molecule has 266 valence electrons. The summed E-state index contributed by atoms with van der Waals surface area (Å²) in [4.78, 5) is 27.7. The molecule has 0 spiro atoms. The lowest BCUT2D eigenvalue weighted by atomic mass is 10.1. The highest BCUT2D eigenvalue weighted by atomic mass is 35.5. The Hall–Kier alpha value is -2.50. The second-order valence-electron chi connectivity index (χ2n) is 12.1. The number of nitrogens with zero attached hydrogens (tertiary/aromatic N) is 5.